The highest BCUT2D eigenvalue weighted by Crippen LogP contribution is 2.20. The molecule has 112 valence electrons. The van der Waals surface area contributed by atoms with E-state index in [1.54, 1.807) is 0 Å². The van der Waals surface area contributed by atoms with E-state index in [1.807, 2.05) is 0 Å². The number of ether oxygens (including phenoxy) is 1. The van der Waals surface area contributed by atoms with Gasteiger partial charge in [-0.15, -0.1) is 0 Å². The van der Waals surface area contributed by atoms with Crippen LogP contribution in [0.2, 0.25) is 0 Å². The third-order valence-corrected chi connectivity index (χ3v) is 5.13. The van der Waals surface area contributed by atoms with Gasteiger partial charge in [-0.2, -0.15) is 8.42 Å². The SMILES string of the molecule is CC(=O)OCCS(=O)(=O)c1ccc(S(=O)(=O)O)c(C)c1. The zero-order chi connectivity index (χ0) is 15.6. The van der Waals surface area contributed by atoms with Gasteiger partial charge in [-0.25, -0.2) is 8.42 Å². The van der Waals surface area contributed by atoms with Gasteiger partial charge in [-0.1, -0.05) is 0 Å². The van der Waals surface area contributed by atoms with Gasteiger partial charge in [-0.3, -0.25) is 9.35 Å². The molecule has 9 heteroatoms. The number of benzene rings is 1. The lowest BCUT2D eigenvalue weighted by atomic mass is 10.2. The molecule has 0 heterocycles. The Morgan fingerprint density at radius 1 is 1.25 bits per heavy atom. The van der Waals surface area contributed by atoms with Gasteiger partial charge in [0.25, 0.3) is 10.1 Å². The molecule has 0 aliphatic rings. The number of hydrogen-bond donors (Lipinski definition) is 1. The molecule has 0 bridgehead atoms. The molecule has 0 aromatic heterocycles. The van der Waals surface area contributed by atoms with Gasteiger partial charge < -0.3 is 4.74 Å². The summed E-state index contributed by atoms with van der Waals surface area (Å²) < 4.78 is 59.4. The van der Waals surface area contributed by atoms with Gasteiger partial charge in [0, 0.05) is 6.92 Å². The highest BCUT2D eigenvalue weighted by atomic mass is 32.2. The summed E-state index contributed by atoms with van der Waals surface area (Å²) in [7, 11) is -8.08. The minimum atomic E-state index is -4.39. The van der Waals surface area contributed by atoms with Gasteiger partial charge in [-0.05, 0) is 30.7 Å². The molecule has 0 aliphatic heterocycles. The van der Waals surface area contributed by atoms with E-state index in [9.17, 15) is 21.6 Å². The first kappa shape index (κ1) is 16.6. The van der Waals surface area contributed by atoms with Crippen molar-refractivity contribution in [2.45, 2.75) is 23.6 Å². The van der Waals surface area contributed by atoms with Crippen LogP contribution >= 0.6 is 0 Å². The molecule has 0 atom stereocenters. The number of aryl methyl sites for hydroxylation is 1. The fraction of sp³-hybridized carbons (Fsp3) is 0.364. The first-order chi connectivity index (χ1) is 9.04. The predicted octanol–water partition coefficient (Wildman–Crippen LogP) is 0.579. The molecule has 1 aromatic carbocycles. The van der Waals surface area contributed by atoms with E-state index < -0.39 is 31.7 Å². The van der Waals surface area contributed by atoms with Gasteiger partial charge >= 0.3 is 5.97 Å². The zero-order valence-corrected chi connectivity index (χ0v) is 12.5. The van der Waals surface area contributed by atoms with Crippen molar-refractivity contribution in [3.8, 4) is 0 Å². The summed E-state index contributed by atoms with van der Waals surface area (Å²) in [6.45, 7) is 2.25. The molecule has 20 heavy (non-hydrogen) atoms. The summed E-state index contributed by atoms with van der Waals surface area (Å²) in [6.07, 6.45) is 0. The molecule has 0 spiro atoms. The Morgan fingerprint density at radius 2 is 1.85 bits per heavy atom. The topological polar surface area (TPSA) is 115 Å². The first-order valence-electron chi connectivity index (χ1n) is 5.48. The van der Waals surface area contributed by atoms with Crippen LogP contribution in [0.25, 0.3) is 0 Å². The number of carbonyl (C=O) groups excluding carboxylic acids is 1. The maximum Gasteiger partial charge on any atom is 0.302 e. The van der Waals surface area contributed by atoms with Gasteiger partial charge in [0.2, 0.25) is 0 Å². The molecule has 0 radical (unpaired) electrons. The van der Waals surface area contributed by atoms with Crippen molar-refractivity contribution in [3.05, 3.63) is 23.8 Å². The van der Waals surface area contributed by atoms with Crippen LogP contribution in [-0.2, 0) is 29.5 Å². The van der Waals surface area contributed by atoms with E-state index >= 15 is 0 Å². The number of hydrogen-bond acceptors (Lipinski definition) is 6. The molecule has 0 aliphatic carbocycles. The monoisotopic (exact) mass is 322 g/mol. The quantitative estimate of drug-likeness (QED) is 0.622. The Morgan fingerprint density at radius 3 is 2.30 bits per heavy atom. The second-order valence-electron chi connectivity index (χ2n) is 4.06. The number of carbonyl (C=O) groups is 1. The molecule has 1 N–H and O–H groups in total. The van der Waals surface area contributed by atoms with Crippen molar-refractivity contribution in [1.82, 2.24) is 0 Å². The van der Waals surface area contributed by atoms with Crippen molar-refractivity contribution in [2.75, 3.05) is 12.4 Å². The standard InChI is InChI=1S/C11H14O7S2/c1-8-7-10(3-4-11(8)20(15,16)17)19(13,14)6-5-18-9(2)12/h3-4,7H,5-6H2,1-2H3,(H,15,16,17). The molecule has 0 saturated heterocycles. The molecule has 0 saturated carbocycles. The lowest BCUT2D eigenvalue weighted by Crippen LogP contribution is -2.15. The highest BCUT2D eigenvalue weighted by Gasteiger charge is 2.19. The van der Waals surface area contributed by atoms with Crippen LogP contribution in [0.4, 0.5) is 0 Å². The maximum absolute atomic E-state index is 11.9. The molecule has 1 rings (SSSR count). The second-order valence-corrected chi connectivity index (χ2v) is 7.56. The Labute approximate surface area is 117 Å². The van der Waals surface area contributed by atoms with E-state index in [0.717, 1.165) is 25.1 Å². The molecular formula is C11H14O7S2. The highest BCUT2D eigenvalue weighted by molar-refractivity contribution is 7.91. The fourth-order valence-electron chi connectivity index (χ4n) is 1.52. The minimum Gasteiger partial charge on any atom is -0.465 e. The Hall–Kier alpha value is -1.45. The van der Waals surface area contributed by atoms with Crippen LogP contribution in [0, 0.1) is 6.92 Å². The summed E-state index contributed by atoms with van der Waals surface area (Å²) in [5.41, 5.74) is 0.112. The van der Waals surface area contributed by atoms with Crippen molar-refractivity contribution in [2.24, 2.45) is 0 Å². The number of rotatable bonds is 5. The average molecular weight is 322 g/mol. The summed E-state index contributed by atoms with van der Waals surface area (Å²) in [6, 6.07) is 3.24. The van der Waals surface area contributed by atoms with E-state index in [4.69, 9.17) is 4.55 Å². The smallest absolute Gasteiger partial charge is 0.302 e. The fourth-order valence-corrected chi connectivity index (χ4v) is 3.39. The van der Waals surface area contributed by atoms with Crippen molar-refractivity contribution in [3.63, 3.8) is 0 Å². The van der Waals surface area contributed by atoms with Crippen LogP contribution in [0.5, 0.6) is 0 Å². The van der Waals surface area contributed by atoms with Crippen molar-refractivity contribution < 1.29 is 30.9 Å². The summed E-state index contributed by atoms with van der Waals surface area (Å²) >= 11 is 0. The minimum absolute atomic E-state index is 0.102. The zero-order valence-electron chi connectivity index (χ0n) is 10.9. The van der Waals surface area contributed by atoms with E-state index in [0.29, 0.717) is 0 Å². The summed E-state index contributed by atoms with van der Waals surface area (Å²) in [5, 5.41) is 0. The third-order valence-electron chi connectivity index (χ3n) is 2.44. The van der Waals surface area contributed by atoms with Crippen LogP contribution in [0.3, 0.4) is 0 Å². The summed E-state index contributed by atoms with van der Waals surface area (Å²) in [5.74, 6) is -0.991. The number of esters is 1. The normalized spacial score (nSPS) is 12.2. The molecular weight excluding hydrogens is 308 g/mol. The average Bonchev–Trinajstić information content (AvgIpc) is 2.26. The molecule has 0 unspecified atom stereocenters. The lowest BCUT2D eigenvalue weighted by Gasteiger charge is -2.08. The molecule has 1 aromatic rings. The van der Waals surface area contributed by atoms with Crippen LogP contribution < -0.4 is 0 Å². The Balaban J connectivity index is 3.03. The van der Waals surface area contributed by atoms with Crippen molar-refractivity contribution in [1.29, 1.82) is 0 Å². The molecule has 0 amide bonds. The van der Waals surface area contributed by atoms with Gasteiger partial charge in [0.15, 0.2) is 9.84 Å². The largest absolute Gasteiger partial charge is 0.465 e. The third kappa shape index (κ3) is 4.29. The van der Waals surface area contributed by atoms with E-state index in [-0.39, 0.29) is 22.0 Å². The first-order valence-corrected chi connectivity index (χ1v) is 8.57. The van der Waals surface area contributed by atoms with Gasteiger partial charge in [0.05, 0.1) is 15.5 Å². The summed E-state index contributed by atoms with van der Waals surface area (Å²) in [4.78, 5) is 10.1. The Kier molecular flexibility index (Phi) is 4.90. The molecule has 7 nitrogen and oxygen atoms in total. The maximum atomic E-state index is 11.9. The Bertz CT molecular complexity index is 717. The van der Waals surface area contributed by atoms with E-state index in [1.165, 1.54) is 6.92 Å². The molecule has 0 fully saturated rings. The van der Waals surface area contributed by atoms with Crippen LogP contribution in [-0.4, -0.2) is 39.7 Å². The van der Waals surface area contributed by atoms with Crippen molar-refractivity contribution >= 4 is 25.9 Å². The van der Waals surface area contributed by atoms with Gasteiger partial charge in [0.1, 0.15) is 6.61 Å². The number of sulfone groups is 1. The van der Waals surface area contributed by atoms with E-state index in [2.05, 4.69) is 4.74 Å². The van der Waals surface area contributed by atoms with Crippen LogP contribution in [0.1, 0.15) is 12.5 Å². The second kappa shape index (κ2) is 5.90. The lowest BCUT2D eigenvalue weighted by molar-refractivity contribution is -0.140. The van der Waals surface area contributed by atoms with Crippen LogP contribution in [0.15, 0.2) is 28.0 Å². The predicted molar refractivity (Wildman–Crippen MR) is 69.7 cm³/mol.